The van der Waals surface area contributed by atoms with E-state index in [1.807, 2.05) is 0 Å². The molecule has 162 valence electrons. The van der Waals surface area contributed by atoms with Gasteiger partial charge in [0.05, 0.1) is 19.3 Å². The molecule has 0 saturated carbocycles. The second kappa shape index (κ2) is 10.7. The number of carbonyl (C=O) groups excluding carboxylic acids is 2. The number of carbonyl (C=O) groups is 2. The van der Waals surface area contributed by atoms with Crippen LogP contribution in [0, 0.1) is 0 Å². The van der Waals surface area contributed by atoms with Crippen LogP contribution in [0.1, 0.15) is 41.3 Å². The largest absolute Gasteiger partial charge is 0.493 e. The second-order valence-electron chi connectivity index (χ2n) is 6.67. The van der Waals surface area contributed by atoms with E-state index in [0.717, 1.165) is 12.1 Å². The zero-order valence-corrected chi connectivity index (χ0v) is 16.8. The van der Waals surface area contributed by atoms with Crippen LogP contribution in [0.2, 0.25) is 0 Å². The third-order valence-corrected chi connectivity index (χ3v) is 4.39. The normalized spacial score (nSPS) is 11.1. The minimum atomic E-state index is -4.35. The van der Waals surface area contributed by atoms with Crippen LogP contribution < -0.4 is 14.8 Å². The van der Waals surface area contributed by atoms with Gasteiger partial charge in [0.2, 0.25) is 5.91 Å². The average molecular weight is 423 g/mol. The molecule has 1 amide bonds. The molecule has 0 spiro atoms. The minimum Gasteiger partial charge on any atom is -0.493 e. The summed E-state index contributed by atoms with van der Waals surface area (Å²) >= 11 is 0. The van der Waals surface area contributed by atoms with E-state index in [1.54, 1.807) is 18.2 Å². The van der Waals surface area contributed by atoms with E-state index in [1.165, 1.54) is 26.2 Å². The number of benzene rings is 2. The van der Waals surface area contributed by atoms with Crippen molar-refractivity contribution in [2.24, 2.45) is 0 Å². The molecule has 0 aliphatic carbocycles. The predicted molar refractivity (Wildman–Crippen MR) is 106 cm³/mol. The standard InChI is InChI=1S/C22H24F3NO4/c1-15(27)17-7-10-19(20(14-17)29-2)30-13-3-4-21(28)26-12-11-16-5-8-18(9-6-16)22(23,24)25/h5-10,14H,3-4,11-13H2,1-2H3,(H,26,28). The molecule has 0 saturated heterocycles. The van der Waals surface area contributed by atoms with Crippen molar-refractivity contribution in [1.29, 1.82) is 0 Å². The van der Waals surface area contributed by atoms with Gasteiger partial charge in [-0.1, -0.05) is 12.1 Å². The maximum Gasteiger partial charge on any atom is 0.416 e. The topological polar surface area (TPSA) is 64.6 Å². The number of methoxy groups -OCH3 is 1. The Kier molecular flexibility index (Phi) is 8.26. The SMILES string of the molecule is COc1cc(C(C)=O)ccc1OCCCC(=O)NCCc1ccc(C(F)(F)F)cc1. The molecular weight excluding hydrogens is 399 g/mol. The number of alkyl halides is 3. The van der Waals surface area contributed by atoms with Crippen LogP contribution in [-0.2, 0) is 17.4 Å². The van der Waals surface area contributed by atoms with Crippen LogP contribution in [0.5, 0.6) is 11.5 Å². The van der Waals surface area contributed by atoms with Crippen molar-refractivity contribution in [3.8, 4) is 11.5 Å². The van der Waals surface area contributed by atoms with Crippen molar-refractivity contribution < 1.29 is 32.2 Å². The molecule has 5 nitrogen and oxygen atoms in total. The van der Waals surface area contributed by atoms with Gasteiger partial charge < -0.3 is 14.8 Å². The number of halogens is 3. The monoisotopic (exact) mass is 423 g/mol. The van der Waals surface area contributed by atoms with Gasteiger partial charge in [0, 0.05) is 18.5 Å². The van der Waals surface area contributed by atoms with E-state index in [-0.39, 0.29) is 18.1 Å². The molecule has 0 aromatic heterocycles. The third-order valence-electron chi connectivity index (χ3n) is 4.39. The van der Waals surface area contributed by atoms with Gasteiger partial charge in [-0.2, -0.15) is 13.2 Å². The summed E-state index contributed by atoms with van der Waals surface area (Å²) in [5, 5.41) is 2.74. The van der Waals surface area contributed by atoms with Gasteiger partial charge in [0.15, 0.2) is 17.3 Å². The molecule has 0 bridgehead atoms. The molecular formula is C22H24F3NO4. The molecule has 2 aromatic rings. The summed E-state index contributed by atoms with van der Waals surface area (Å²) in [6, 6.07) is 9.79. The lowest BCUT2D eigenvalue weighted by Gasteiger charge is -2.11. The summed E-state index contributed by atoms with van der Waals surface area (Å²) in [5.74, 6) is 0.700. The fourth-order valence-corrected chi connectivity index (χ4v) is 2.72. The Morgan fingerprint density at radius 2 is 1.73 bits per heavy atom. The van der Waals surface area contributed by atoms with Crippen LogP contribution in [0.4, 0.5) is 13.2 Å². The van der Waals surface area contributed by atoms with Crippen molar-refractivity contribution in [2.75, 3.05) is 20.3 Å². The number of amides is 1. The number of hydrogen-bond donors (Lipinski definition) is 1. The highest BCUT2D eigenvalue weighted by atomic mass is 19.4. The zero-order chi connectivity index (χ0) is 22.1. The van der Waals surface area contributed by atoms with Crippen LogP contribution in [0.3, 0.4) is 0 Å². The summed E-state index contributed by atoms with van der Waals surface area (Å²) in [6.45, 7) is 2.10. The van der Waals surface area contributed by atoms with Gasteiger partial charge in [0.1, 0.15) is 0 Å². The van der Waals surface area contributed by atoms with E-state index in [0.29, 0.717) is 48.6 Å². The predicted octanol–water partition coefficient (Wildman–Crippen LogP) is 4.43. The number of hydrogen-bond acceptors (Lipinski definition) is 4. The first-order valence-corrected chi connectivity index (χ1v) is 9.45. The molecule has 2 aromatic carbocycles. The van der Waals surface area contributed by atoms with Gasteiger partial charge >= 0.3 is 6.18 Å². The molecule has 8 heteroatoms. The van der Waals surface area contributed by atoms with Crippen LogP contribution in [0.25, 0.3) is 0 Å². The first-order chi connectivity index (χ1) is 14.2. The number of ether oxygens (including phenoxy) is 2. The highest BCUT2D eigenvalue weighted by Gasteiger charge is 2.29. The third kappa shape index (κ3) is 7.09. The lowest BCUT2D eigenvalue weighted by atomic mass is 10.1. The summed E-state index contributed by atoms with van der Waals surface area (Å²) in [4.78, 5) is 23.3. The maximum atomic E-state index is 12.5. The molecule has 0 atom stereocenters. The number of rotatable bonds is 10. The van der Waals surface area contributed by atoms with Gasteiger partial charge in [-0.3, -0.25) is 9.59 Å². The van der Waals surface area contributed by atoms with Gasteiger partial charge in [-0.25, -0.2) is 0 Å². The van der Waals surface area contributed by atoms with E-state index in [2.05, 4.69) is 5.32 Å². The van der Waals surface area contributed by atoms with Crippen LogP contribution >= 0.6 is 0 Å². The molecule has 0 heterocycles. The average Bonchev–Trinajstić information content (AvgIpc) is 2.70. The van der Waals surface area contributed by atoms with Crippen LogP contribution in [-0.4, -0.2) is 32.0 Å². The lowest BCUT2D eigenvalue weighted by Crippen LogP contribution is -2.25. The summed E-state index contributed by atoms with van der Waals surface area (Å²) in [7, 11) is 1.48. The van der Waals surface area contributed by atoms with Crippen molar-refractivity contribution >= 4 is 11.7 Å². The van der Waals surface area contributed by atoms with Gasteiger partial charge in [-0.15, -0.1) is 0 Å². The molecule has 0 aliphatic rings. The fraction of sp³-hybridized carbons (Fsp3) is 0.364. The minimum absolute atomic E-state index is 0.0761. The zero-order valence-electron chi connectivity index (χ0n) is 16.8. The Bertz CT molecular complexity index is 864. The van der Waals surface area contributed by atoms with Gasteiger partial charge in [-0.05, 0) is 55.7 Å². The van der Waals surface area contributed by atoms with E-state index in [4.69, 9.17) is 9.47 Å². The van der Waals surface area contributed by atoms with Crippen molar-refractivity contribution in [3.63, 3.8) is 0 Å². The molecule has 0 unspecified atom stereocenters. The summed E-state index contributed by atoms with van der Waals surface area (Å²) < 4.78 is 48.4. The Labute approximate surface area is 173 Å². The Hall–Kier alpha value is -3.03. The summed E-state index contributed by atoms with van der Waals surface area (Å²) in [5.41, 5.74) is 0.544. The van der Waals surface area contributed by atoms with Crippen molar-refractivity contribution in [2.45, 2.75) is 32.4 Å². The first-order valence-electron chi connectivity index (χ1n) is 9.45. The maximum absolute atomic E-state index is 12.5. The van der Waals surface area contributed by atoms with E-state index in [9.17, 15) is 22.8 Å². The molecule has 0 fully saturated rings. The van der Waals surface area contributed by atoms with Crippen LogP contribution in [0.15, 0.2) is 42.5 Å². The molecule has 30 heavy (non-hydrogen) atoms. The smallest absolute Gasteiger partial charge is 0.416 e. The van der Waals surface area contributed by atoms with Gasteiger partial charge in [0.25, 0.3) is 0 Å². The van der Waals surface area contributed by atoms with Crippen molar-refractivity contribution in [3.05, 3.63) is 59.2 Å². The number of nitrogens with one attached hydrogen (secondary N) is 1. The highest BCUT2D eigenvalue weighted by Crippen LogP contribution is 2.29. The quantitative estimate of drug-likeness (QED) is 0.454. The fourth-order valence-electron chi connectivity index (χ4n) is 2.72. The number of ketones is 1. The molecule has 0 radical (unpaired) electrons. The summed E-state index contributed by atoms with van der Waals surface area (Å²) in [6.07, 6.45) is -3.18. The first kappa shape index (κ1) is 23.3. The Morgan fingerprint density at radius 1 is 1.03 bits per heavy atom. The molecule has 1 N–H and O–H groups in total. The van der Waals surface area contributed by atoms with Crippen molar-refractivity contribution in [1.82, 2.24) is 5.32 Å². The molecule has 0 aliphatic heterocycles. The second-order valence-corrected chi connectivity index (χ2v) is 6.67. The number of Topliss-reactive ketones (excluding diaryl/α,β-unsaturated/α-hetero) is 1. The van der Waals surface area contributed by atoms with E-state index >= 15 is 0 Å². The molecule has 2 rings (SSSR count). The lowest BCUT2D eigenvalue weighted by molar-refractivity contribution is -0.137. The Morgan fingerprint density at radius 3 is 2.33 bits per heavy atom. The van der Waals surface area contributed by atoms with E-state index < -0.39 is 11.7 Å². The highest BCUT2D eigenvalue weighted by molar-refractivity contribution is 5.94. The Balaban J connectivity index is 1.69.